The fraction of sp³-hybridized carbons (Fsp3) is 0.444. The first-order chi connectivity index (χ1) is 5.21. The lowest BCUT2D eigenvalue weighted by Gasteiger charge is -2.05. The number of pyridine rings is 1. The summed E-state index contributed by atoms with van der Waals surface area (Å²) in [7, 11) is 0. The second-order valence-corrected chi connectivity index (χ2v) is 3.42. The van der Waals surface area contributed by atoms with Crippen LogP contribution in [0.4, 0.5) is 4.39 Å². The van der Waals surface area contributed by atoms with Crippen molar-refractivity contribution in [1.29, 1.82) is 0 Å². The second-order valence-electron chi connectivity index (χ2n) is 3.42. The van der Waals surface area contributed by atoms with E-state index in [0.717, 1.165) is 5.69 Å². The highest BCUT2D eigenvalue weighted by Crippen LogP contribution is 2.46. The molecule has 1 saturated carbocycles. The summed E-state index contributed by atoms with van der Waals surface area (Å²) in [6.07, 6.45) is 3.66. The molecule has 1 aliphatic carbocycles. The standard InChI is InChI=1S/C9H10FN/c1-9(4-5-9)8-3-2-7(10)6-11-8/h2-3,6H,4-5H2,1H3. The minimum absolute atomic E-state index is 0.252. The summed E-state index contributed by atoms with van der Waals surface area (Å²) in [5, 5.41) is 0. The van der Waals surface area contributed by atoms with E-state index in [1.807, 2.05) is 0 Å². The molecular weight excluding hydrogens is 141 g/mol. The quantitative estimate of drug-likeness (QED) is 0.600. The molecule has 1 fully saturated rings. The molecule has 0 spiro atoms. The maximum Gasteiger partial charge on any atom is 0.141 e. The van der Waals surface area contributed by atoms with Gasteiger partial charge < -0.3 is 0 Å². The van der Waals surface area contributed by atoms with Crippen LogP contribution in [0.25, 0.3) is 0 Å². The van der Waals surface area contributed by atoms with E-state index in [4.69, 9.17) is 0 Å². The van der Waals surface area contributed by atoms with Crippen molar-refractivity contribution in [3.05, 3.63) is 29.8 Å². The Bertz CT molecular complexity index is 261. The molecule has 0 aliphatic heterocycles. The molecule has 0 amide bonds. The van der Waals surface area contributed by atoms with E-state index < -0.39 is 0 Å². The van der Waals surface area contributed by atoms with Crippen molar-refractivity contribution in [1.82, 2.24) is 4.98 Å². The smallest absolute Gasteiger partial charge is 0.141 e. The monoisotopic (exact) mass is 151 g/mol. The molecule has 1 nitrogen and oxygen atoms in total. The highest BCUT2D eigenvalue weighted by Gasteiger charge is 2.40. The third kappa shape index (κ3) is 1.13. The minimum atomic E-state index is -0.252. The largest absolute Gasteiger partial charge is 0.258 e. The molecule has 1 heterocycles. The fourth-order valence-electron chi connectivity index (χ4n) is 1.18. The average Bonchev–Trinajstić information content (AvgIpc) is 2.70. The van der Waals surface area contributed by atoms with Crippen molar-refractivity contribution < 1.29 is 4.39 Å². The van der Waals surface area contributed by atoms with Gasteiger partial charge in [0.15, 0.2) is 0 Å². The van der Waals surface area contributed by atoms with Crippen LogP contribution in [0.2, 0.25) is 0 Å². The van der Waals surface area contributed by atoms with Crippen molar-refractivity contribution in [2.45, 2.75) is 25.2 Å². The zero-order valence-corrected chi connectivity index (χ0v) is 6.47. The lowest BCUT2D eigenvalue weighted by atomic mass is 10.1. The summed E-state index contributed by atoms with van der Waals surface area (Å²) in [4.78, 5) is 4.04. The zero-order valence-electron chi connectivity index (χ0n) is 6.47. The molecule has 0 saturated heterocycles. The van der Waals surface area contributed by atoms with Crippen LogP contribution >= 0.6 is 0 Å². The summed E-state index contributed by atoms with van der Waals surface area (Å²) >= 11 is 0. The Morgan fingerprint density at radius 2 is 2.18 bits per heavy atom. The summed E-state index contributed by atoms with van der Waals surface area (Å²) in [6, 6.07) is 3.26. The molecule has 1 aromatic heterocycles. The molecule has 1 aromatic rings. The van der Waals surface area contributed by atoms with Gasteiger partial charge in [-0.25, -0.2) is 4.39 Å². The maximum atomic E-state index is 12.4. The van der Waals surface area contributed by atoms with Gasteiger partial charge in [-0.3, -0.25) is 4.98 Å². The molecule has 1 aliphatic rings. The van der Waals surface area contributed by atoms with Gasteiger partial charge in [0, 0.05) is 11.1 Å². The van der Waals surface area contributed by atoms with Crippen LogP contribution in [0.15, 0.2) is 18.3 Å². The lowest BCUT2D eigenvalue weighted by molar-refractivity contribution is 0.614. The molecule has 0 unspecified atom stereocenters. The van der Waals surface area contributed by atoms with E-state index in [1.165, 1.54) is 25.1 Å². The Balaban J connectivity index is 2.33. The molecule has 11 heavy (non-hydrogen) atoms. The van der Waals surface area contributed by atoms with Gasteiger partial charge in [-0.15, -0.1) is 0 Å². The Kier molecular flexibility index (Phi) is 1.25. The normalized spacial score (nSPS) is 19.8. The second kappa shape index (κ2) is 2.03. The molecule has 2 rings (SSSR count). The molecule has 0 bridgehead atoms. The van der Waals surface area contributed by atoms with Crippen LogP contribution in [-0.4, -0.2) is 4.98 Å². The predicted molar refractivity (Wildman–Crippen MR) is 40.8 cm³/mol. The number of rotatable bonds is 1. The maximum absolute atomic E-state index is 12.4. The molecule has 0 aromatic carbocycles. The Morgan fingerprint density at radius 1 is 1.45 bits per heavy atom. The Labute approximate surface area is 65.3 Å². The summed E-state index contributed by atoms with van der Waals surface area (Å²) < 4.78 is 12.4. The van der Waals surface area contributed by atoms with Crippen molar-refractivity contribution in [2.75, 3.05) is 0 Å². The molecule has 0 radical (unpaired) electrons. The van der Waals surface area contributed by atoms with Gasteiger partial charge in [0.05, 0.1) is 6.20 Å². The van der Waals surface area contributed by atoms with Crippen molar-refractivity contribution in [2.24, 2.45) is 0 Å². The summed E-state index contributed by atoms with van der Waals surface area (Å²) in [6.45, 7) is 2.16. The van der Waals surface area contributed by atoms with Crippen molar-refractivity contribution >= 4 is 0 Å². The van der Waals surface area contributed by atoms with Crippen LogP contribution in [0.5, 0.6) is 0 Å². The molecule has 2 heteroatoms. The van der Waals surface area contributed by atoms with Crippen LogP contribution in [0.3, 0.4) is 0 Å². The van der Waals surface area contributed by atoms with Gasteiger partial charge >= 0.3 is 0 Å². The molecule has 0 N–H and O–H groups in total. The minimum Gasteiger partial charge on any atom is -0.258 e. The third-order valence-corrected chi connectivity index (χ3v) is 2.35. The lowest BCUT2D eigenvalue weighted by Crippen LogP contribution is -2.02. The topological polar surface area (TPSA) is 12.9 Å². The van der Waals surface area contributed by atoms with Gasteiger partial charge in [-0.2, -0.15) is 0 Å². The van der Waals surface area contributed by atoms with Crippen molar-refractivity contribution in [3.63, 3.8) is 0 Å². The molecular formula is C9H10FN. The summed E-state index contributed by atoms with van der Waals surface area (Å²) in [5.74, 6) is -0.252. The van der Waals surface area contributed by atoms with Gasteiger partial charge in [0.2, 0.25) is 0 Å². The van der Waals surface area contributed by atoms with Crippen LogP contribution in [0, 0.1) is 5.82 Å². The third-order valence-electron chi connectivity index (χ3n) is 2.35. The highest BCUT2D eigenvalue weighted by molar-refractivity contribution is 5.22. The van der Waals surface area contributed by atoms with Crippen LogP contribution in [-0.2, 0) is 5.41 Å². The van der Waals surface area contributed by atoms with E-state index in [2.05, 4.69) is 11.9 Å². The number of nitrogens with zero attached hydrogens (tertiary/aromatic N) is 1. The SMILES string of the molecule is CC1(c2ccc(F)cn2)CC1. The zero-order chi connectivity index (χ0) is 7.90. The van der Waals surface area contributed by atoms with Gasteiger partial charge in [0.1, 0.15) is 5.82 Å². The van der Waals surface area contributed by atoms with E-state index in [0.29, 0.717) is 0 Å². The fourth-order valence-corrected chi connectivity index (χ4v) is 1.18. The first-order valence-electron chi connectivity index (χ1n) is 3.83. The first-order valence-corrected chi connectivity index (χ1v) is 3.83. The number of hydrogen-bond donors (Lipinski definition) is 0. The van der Waals surface area contributed by atoms with Crippen LogP contribution in [0.1, 0.15) is 25.5 Å². The Hall–Kier alpha value is -0.920. The van der Waals surface area contributed by atoms with Crippen LogP contribution < -0.4 is 0 Å². The Morgan fingerprint density at radius 3 is 2.64 bits per heavy atom. The van der Waals surface area contributed by atoms with Gasteiger partial charge in [-0.1, -0.05) is 6.92 Å². The average molecular weight is 151 g/mol. The van der Waals surface area contributed by atoms with E-state index in [9.17, 15) is 4.39 Å². The number of hydrogen-bond acceptors (Lipinski definition) is 1. The van der Waals surface area contributed by atoms with E-state index in [-0.39, 0.29) is 11.2 Å². The summed E-state index contributed by atoms with van der Waals surface area (Å²) in [5.41, 5.74) is 1.28. The number of halogens is 1. The van der Waals surface area contributed by atoms with Gasteiger partial charge in [-0.05, 0) is 25.0 Å². The van der Waals surface area contributed by atoms with Gasteiger partial charge in [0.25, 0.3) is 0 Å². The van der Waals surface area contributed by atoms with E-state index in [1.54, 1.807) is 6.07 Å². The first kappa shape index (κ1) is 6.77. The van der Waals surface area contributed by atoms with E-state index >= 15 is 0 Å². The molecule has 0 atom stereocenters. The number of aromatic nitrogens is 1. The predicted octanol–water partition coefficient (Wildman–Crippen LogP) is 2.27. The molecule has 58 valence electrons. The highest BCUT2D eigenvalue weighted by atomic mass is 19.1. The van der Waals surface area contributed by atoms with Crippen molar-refractivity contribution in [3.8, 4) is 0 Å².